The second kappa shape index (κ2) is 9.36. The Morgan fingerprint density at radius 2 is 1.58 bits per heavy atom. The van der Waals surface area contributed by atoms with Gasteiger partial charge in [0.1, 0.15) is 0 Å². The van der Waals surface area contributed by atoms with Crippen LogP contribution in [0.2, 0.25) is 0 Å². The van der Waals surface area contributed by atoms with E-state index in [2.05, 4.69) is 10.6 Å². The average molecular weight is 353 g/mol. The summed E-state index contributed by atoms with van der Waals surface area (Å²) in [5.74, 6) is -1.61. The number of anilines is 1. The highest BCUT2D eigenvalue weighted by atomic mass is 16.2. The molecule has 0 aliphatic carbocycles. The van der Waals surface area contributed by atoms with Crippen molar-refractivity contribution in [1.82, 2.24) is 10.2 Å². The van der Waals surface area contributed by atoms with Gasteiger partial charge in [0.2, 0.25) is 0 Å². The van der Waals surface area contributed by atoms with Crippen LogP contribution >= 0.6 is 0 Å². The lowest BCUT2D eigenvalue weighted by Crippen LogP contribution is -2.35. The van der Waals surface area contributed by atoms with E-state index in [1.165, 1.54) is 0 Å². The molecule has 26 heavy (non-hydrogen) atoms. The lowest BCUT2D eigenvalue weighted by molar-refractivity contribution is -0.136. The summed E-state index contributed by atoms with van der Waals surface area (Å²) < 4.78 is 0. The molecule has 136 valence electrons. The summed E-state index contributed by atoms with van der Waals surface area (Å²) in [7, 11) is 0. The van der Waals surface area contributed by atoms with Crippen LogP contribution in [0, 0.1) is 0 Å². The van der Waals surface area contributed by atoms with Crippen LogP contribution in [0.4, 0.5) is 5.69 Å². The van der Waals surface area contributed by atoms with Gasteiger partial charge in [0.25, 0.3) is 5.91 Å². The number of benzene rings is 2. The second-order valence-electron chi connectivity index (χ2n) is 5.68. The van der Waals surface area contributed by atoms with Crippen molar-refractivity contribution in [3.05, 3.63) is 65.7 Å². The van der Waals surface area contributed by atoms with Gasteiger partial charge in [0, 0.05) is 30.9 Å². The summed E-state index contributed by atoms with van der Waals surface area (Å²) in [6.07, 6.45) is 0. The van der Waals surface area contributed by atoms with Gasteiger partial charge in [-0.15, -0.1) is 0 Å². The number of amides is 3. The number of nitrogens with one attached hydrogen (secondary N) is 2. The first-order valence-electron chi connectivity index (χ1n) is 8.57. The van der Waals surface area contributed by atoms with Gasteiger partial charge >= 0.3 is 11.8 Å². The molecule has 0 aliphatic rings. The minimum atomic E-state index is -0.770. The van der Waals surface area contributed by atoms with Gasteiger partial charge in [-0.2, -0.15) is 0 Å². The molecule has 6 nitrogen and oxygen atoms in total. The van der Waals surface area contributed by atoms with E-state index in [0.717, 1.165) is 5.56 Å². The van der Waals surface area contributed by atoms with Crippen LogP contribution < -0.4 is 10.6 Å². The van der Waals surface area contributed by atoms with Gasteiger partial charge in [0.15, 0.2) is 0 Å². The van der Waals surface area contributed by atoms with Crippen molar-refractivity contribution in [2.75, 3.05) is 18.4 Å². The summed E-state index contributed by atoms with van der Waals surface area (Å²) in [6, 6.07) is 15.9. The molecule has 0 saturated carbocycles. The highest BCUT2D eigenvalue weighted by molar-refractivity contribution is 6.39. The van der Waals surface area contributed by atoms with Crippen LogP contribution in [0.5, 0.6) is 0 Å². The molecule has 0 spiro atoms. The largest absolute Gasteiger partial charge is 0.344 e. The van der Waals surface area contributed by atoms with Crippen LogP contribution in [0.15, 0.2) is 54.6 Å². The normalized spacial score (nSPS) is 10.1. The molecule has 0 saturated heterocycles. The Bertz CT molecular complexity index is 771. The highest BCUT2D eigenvalue weighted by Gasteiger charge is 2.16. The standard InChI is InChI=1S/C20H23N3O3/c1-3-23(4-2)20(26)16-11-8-12-17(13-16)22-19(25)18(24)21-14-15-9-6-5-7-10-15/h5-13H,3-4,14H2,1-2H3,(H,21,24)(H,22,25). The maximum Gasteiger partial charge on any atom is 0.313 e. The van der Waals surface area contributed by atoms with E-state index in [9.17, 15) is 14.4 Å². The van der Waals surface area contributed by atoms with Crippen LogP contribution in [0.25, 0.3) is 0 Å². The first kappa shape index (κ1) is 19.2. The van der Waals surface area contributed by atoms with Crippen LogP contribution in [0.3, 0.4) is 0 Å². The third kappa shape index (κ3) is 5.17. The van der Waals surface area contributed by atoms with Crippen molar-refractivity contribution in [2.24, 2.45) is 0 Å². The van der Waals surface area contributed by atoms with Crippen molar-refractivity contribution in [3.8, 4) is 0 Å². The number of hydrogen-bond donors (Lipinski definition) is 2. The van der Waals surface area contributed by atoms with Gasteiger partial charge < -0.3 is 15.5 Å². The molecule has 2 aromatic rings. The van der Waals surface area contributed by atoms with Gasteiger partial charge in [0.05, 0.1) is 0 Å². The predicted molar refractivity (Wildman–Crippen MR) is 101 cm³/mol. The summed E-state index contributed by atoms with van der Waals surface area (Å²) >= 11 is 0. The maximum atomic E-state index is 12.4. The third-order valence-electron chi connectivity index (χ3n) is 3.92. The molecular formula is C20H23N3O3. The average Bonchev–Trinajstić information content (AvgIpc) is 2.68. The molecule has 6 heteroatoms. The molecule has 0 fully saturated rings. The van der Waals surface area contributed by atoms with Crippen molar-refractivity contribution in [1.29, 1.82) is 0 Å². The fourth-order valence-corrected chi connectivity index (χ4v) is 2.47. The van der Waals surface area contributed by atoms with Crippen LogP contribution in [-0.2, 0) is 16.1 Å². The zero-order valence-electron chi connectivity index (χ0n) is 15.0. The fraction of sp³-hybridized carbons (Fsp3) is 0.250. The van der Waals surface area contributed by atoms with Gasteiger partial charge in [-0.25, -0.2) is 0 Å². The minimum Gasteiger partial charge on any atom is -0.344 e. The van der Waals surface area contributed by atoms with Crippen molar-refractivity contribution >= 4 is 23.4 Å². The summed E-state index contributed by atoms with van der Waals surface area (Å²) in [5, 5.41) is 5.09. The van der Waals surface area contributed by atoms with E-state index < -0.39 is 11.8 Å². The Kier molecular flexibility index (Phi) is 6.91. The quantitative estimate of drug-likeness (QED) is 0.783. The smallest absolute Gasteiger partial charge is 0.313 e. The van der Waals surface area contributed by atoms with Crippen LogP contribution in [0.1, 0.15) is 29.8 Å². The van der Waals surface area contributed by atoms with E-state index >= 15 is 0 Å². The van der Waals surface area contributed by atoms with Gasteiger partial charge in [-0.1, -0.05) is 36.4 Å². The maximum absolute atomic E-state index is 12.4. The molecule has 0 heterocycles. The first-order valence-corrected chi connectivity index (χ1v) is 8.57. The first-order chi connectivity index (χ1) is 12.5. The Morgan fingerprint density at radius 1 is 0.885 bits per heavy atom. The second-order valence-corrected chi connectivity index (χ2v) is 5.68. The minimum absolute atomic E-state index is 0.111. The van der Waals surface area contributed by atoms with E-state index in [1.54, 1.807) is 29.2 Å². The number of hydrogen-bond acceptors (Lipinski definition) is 3. The van der Waals surface area contributed by atoms with E-state index in [-0.39, 0.29) is 12.5 Å². The summed E-state index contributed by atoms with van der Waals surface area (Å²) in [4.78, 5) is 38.0. The molecule has 0 aromatic heterocycles. The predicted octanol–water partition coefficient (Wildman–Crippen LogP) is 2.42. The highest BCUT2D eigenvalue weighted by Crippen LogP contribution is 2.13. The Hall–Kier alpha value is -3.15. The Morgan fingerprint density at radius 3 is 2.23 bits per heavy atom. The number of nitrogens with zero attached hydrogens (tertiary/aromatic N) is 1. The molecule has 0 aliphatic heterocycles. The lowest BCUT2D eigenvalue weighted by atomic mass is 10.1. The van der Waals surface area contributed by atoms with Gasteiger partial charge in [-0.3, -0.25) is 14.4 Å². The Labute approximate surface area is 153 Å². The fourth-order valence-electron chi connectivity index (χ4n) is 2.47. The molecule has 0 radical (unpaired) electrons. The van der Waals surface area contributed by atoms with E-state index in [4.69, 9.17) is 0 Å². The molecule has 0 atom stereocenters. The van der Waals surface area contributed by atoms with Crippen molar-refractivity contribution in [2.45, 2.75) is 20.4 Å². The molecule has 0 bridgehead atoms. The van der Waals surface area contributed by atoms with E-state index in [1.807, 2.05) is 44.2 Å². The monoisotopic (exact) mass is 353 g/mol. The van der Waals surface area contributed by atoms with Crippen LogP contribution in [-0.4, -0.2) is 35.7 Å². The Balaban J connectivity index is 1.97. The lowest BCUT2D eigenvalue weighted by Gasteiger charge is -2.19. The molecular weight excluding hydrogens is 330 g/mol. The number of carbonyl (C=O) groups excluding carboxylic acids is 3. The van der Waals surface area contributed by atoms with Gasteiger partial charge in [-0.05, 0) is 37.6 Å². The third-order valence-corrected chi connectivity index (χ3v) is 3.92. The summed E-state index contributed by atoms with van der Waals surface area (Å²) in [6.45, 7) is 5.30. The molecule has 3 amide bonds. The van der Waals surface area contributed by atoms with Crippen molar-refractivity contribution < 1.29 is 14.4 Å². The SMILES string of the molecule is CCN(CC)C(=O)c1cccc(NC(=O)C(=O)NCc2ccccc2)c1. The topological polar surface area (TPSA) is 78.5 Å². The van der Waals surface area contributed by atoms with Crippen molar-refractivity contribution in [3.63, 3.8) is 0 Å². The molecule has 2 rings (SSSR count). The zero-order valence-corrected chi connectivity index (χ0v) is 15.0. The number of rotatable bonds is 6. The molecule has 2 N–H and O–H groups in total. The zero-order chi connectivity index (χ0) is 18.9. The van der Waals surface area contributed by atoms with E-state index in [0.29, 0.717) is 24.3 Å². The molecule has 0 unspecified atom stereocenters. The summed E-state index contributed by atoms with van der Waals surface area (Å²) in [5.41, 5.74) is 1.78. The molecule has 2 aromatic carbocycles. The number of carbonyl (C=O) groups is 3.